The van der Waals surface area contributed by atoms with E-state index < -0.39 is 10.0 Å². The number of aromatic nitrogens is 5. The Balaban J connectivity index is 1.57. The van der Waals surface area contributed by atoms with E-state index in [1.165, 1.54) is 23.0 Å². The monoisotopic (exact) mass is 515 g/mol. The molecule has 2 fully saturated rings. The van der Waals surface area contributed by atoms with Gasteiger partial charge in [0, 0.05) is 33.2 Å². The number of hydrogen-bond donors (Lipinski definition) is 1. The Hall–Kier alpha value is -2.83. The summed E-state index contributed by atoms with van der Waals surface area (Å²) in [7, 11) is -2.00. The molecule has 0 amide bonds. The number of aryl methyl sites for hydroxylation is 2. The predicted molar refractivity (Wildman–Crippen MR) is 135 cm³/mol. The molecule has 12 heteroatoms. The topological polar surface area (TPSA) is 126 Å². The minimum atomic E-state index is -3.77. The van der Waals surface area contributed by atoms with E-state index >= 15 is 0 Å². The Morgan fingerprint density at radius 2 is 1.89 bits per heavy atom. The van der Waals surface area contributed by atoms with E-state index in [0.29, 0.717) is 56.2 Å². The van der Waals surface area contributed by atoms with Crippen molar-refractivity contribution in [1.29, 1.82) is 0 Å². The van der Waals surface area contributed by atoms with E-state index in [4.69, 9.17) is 9.72 Å². The van der Waals surface area contributed by atoms with Crippen LogP contribution in [0.15, 0.2) is 22.0 Å². The van der Waals surface area contributed by atoms with Gasteiger partial charge in [0.2, 0.25) is 15.9 Å². The van der Waals surface area contributed by atoms with Gasteiger partial charge in [-0.1, -0.05) is 20.3 Å². The Morgan fingerprint density at radius 3 is 2.53 bits per heavy atom. The number of fused-ring (bicyclic) bond motifs is 1. The van der Waals surface area contributed by atoms with Crippen molar-refractivity contribution in [1.82, 2.24) is 33.9 Å². The highest BCUT2D eigenvalue weighted by Gasteiger charge is 2.30. The fourth-order valence-electron chi connectivity index (χ4n) is 4.80. The summed E-state index contributed by atoms with van der Waals surface area (Å²) in [6, 6.07) is 1.52. The highest BCUT2D eigenvalue weighted by Crippen LogP contribution is 2.32. The first-order valence-corrected chi connectivity index (χ1v) is 14.1. The molecule has 11 nitrogen and oxygen atoms in total. The zero-order chi connectivity index (χ0) is 25.4. The molecule has 36 heavy (non-hydrogen) atoms. The van der Waals surface area contributed by atoms with Crippen LogP contribution in [0.4, 0.5) is 0 Å². The summed E-state index contributed by atoms with van der Waals surface area (Å²) < 4.78 is 36.2. The number of nitrogens with one attached hydrogen (secondary N) is 1. The highest BCUT2D eigenvalue weighted by atomic mass is 32.2. The van der Waals surface area contributed by atoms with Crippen molar-refractivity contribution in [3.05, 3.63) is 28.3 Å². The zero-order valence-electron chi connectivity index (χ0n) is 21.0. The van der Waals surface area contributed by atoms with Crippen LogP contribution in [0.3, 0.4) is 0 Å². The molecule has 3 aromatic rings. The minimum Gasteiger partial charge on any atom is -0.477 e. The summed E-state index contributed by atoms with van der Waals surface area (Å²) in [5.74, 6) is 0.942. The maximum atomic E-state index is 13.5. The van der Waals surface area contributed by atoms with Crippen LogP contribution in [0.5, 0.6) is 5.88 Å². The third-order valence-corrected chi connectivity index (χ3v) is 9.19. The first kappa shape index (κ1) is 24.8. The molecule has 1 saturated heterocycles. The number of aromatic amines is 1. The maximum Gasteiger partial charge on any atom is 0.279 e. The molecule has 2 aliphatic rings. The number of likely N-dealkylation sites (N-methyl/N-ethyl adjacent to an activating group) is 1. The molecule has 0 radical (unpaired) electrons. The van der Waals surface area contributed by atoms with Crippen LogP contribution in [0, 0.1) is 5.92 Å². The van der Waals surface area contributed by atoms with Gasteiger partial charge in [-0.15, -0.1) is 0 Å². The van der Waals surface area contributed by atoms with Crippen LogP contribution in [-0.2, 0) is 23.5 Å². The van der Waals surface area contributed by atoms with Crippen LogP contribution in [0.2, 0.25) is 0 Å². The molecular formula is C24H33N7O4S. The van der Waals surface area contributed by atoms with Crippen LogP contribution in [0.25, 0.3) is 22.4 Å². The van der Waals surface area contributed by atoms with Crippen molar-refractivity contribution in [3.8, 4) is 17.3 Å². The third-order valence-electron chi connectivity index (χ3n) is 7.32. The lowest BCUT2D eigenvalue weighted by Gasteiger charge is -2.33. The first-order valence-electron chi connectivity index (χ1n) is 12.6. The van der Waals surface area contributed by atoms with Gasteiger partial charge in [0.1, 0.15) is 16.2 Å². The molecule has 1 aliphatic carbocycles. The molecule has 4 heterocycles. The second-order valence-corrected chi connectivity index (χ2v) is 11.4. The lowest BCUT2D eigenvalue weighted by molar-refractivity contribution is 0.176. The fourth-order valence-corrected chi connectivity index (χ4v) is 6.19. The molecule has 0 bridgehead atoms. The van der Waals surface area contributed by atoms with Gasteiger partial charge in [-0.3, -0.25) is 9.48 Å². The lowest BCUT2D eigenvalue weighted by Crippen LogP contribution is -2.48. The Kier molecular flexibility index (Phi) is 6.84. The van der Waals surface area contributed by atoms with E-state index in [1.807, 2.05) is 6.92 Å². The number of ether oxygens (including phenoxy) is 1. The molecule has 0 spiro atoms. The molecule has 5 rings (SSSR count). The SMILES string of the molecule is CCc1c2nc(-c3cc(S(=O)(=O)N4CCN(CC)CC4)cnc3OCC3CCC3)[nH]c(=O)c2nn1C. The van der Waals surface area contributed by atoms with Crippen molar-refractivity contribution in [3.63, 3.8) is 0 Å². The van der Waals surface area contributed by atoms with Crippen LogP contribution < -0.4 is 10.3 Å². The molecule has 1 saturated carbocycles. The zero-order valence-corrected chi connectivity index (χ0v) is 21.8. The predicted octanol–water partition coefficient (Wildman–Crippen LogP) is 1.79. The number of nitrogens with zero attached hydrogens (tertiary/aromatic N) is 6. The van der Waals surface area contributed by atoms with Crippen LogP contribution >= 0.6 is 0 Å². The Bertz CT molecular complexity index is 1420. The molecule has 1 N–H and O–H groups in total. The van der Waals surface area contributed by atoms with Crippen molar-refractivity contribution < 1.29 is 13.2 Å². The quantitative estimate of drug-likeness (QED) is 0.481. The van der Waals surface area contributed by atoms with Crippen LogP contribution in [0.1, 0.15) is 38.8 Å². The van der Waals surface area contributed by atoms with Crippen molar-refractivity contribution in [2.75, 3.05) is 39.3 Å². The Labute approximate surface area is 210 Å². The van der Waals surface area contributed by atoms with Gasteiger partial charge in [-0.25, -0.2) is 18.4 Å². The third kappa shape index (κ3) is 4.53. The summed E-state index contributed by atoms with van der Waals surface area (Å²) in [6.45, 7) is 7.63. The number of sulfonamides is 1. The summed E-state index contributed by atoms with van der Waals surface area (Å²) in [5, 5.41) is 4.31. The normalized spacial score (nSPS) is 18.0. The number of piperazine rings is 1. The van der Waals surface area contributed by atoms with E-state index in [0.717, 1.165) is 25.1 Å². The lowest BCUT2D eigenvalue weighted by atomic mass is 9.86. The molecule has 3 aromatic heterocycles. The van der Waals surface area contributed by atoms with Crippen LogP contribution in [-0.4, -0.2) is 81.7 Å². The average molecular weight is 516 g/mol. The highest BCUT2D eigenvalue weighted by molar-refractivity contribution is 7.89. The Morgan fingerprint density at radius 1 is 1.14 bits per heavy atom. The smallest absolute Gasteiger partial charge is 0.279 e. The second-order valence-electron chi connectivity index (χ2n) is 9.51. The van der Waals surface area contributed by atoms with Crippen molar-refractivity contribution in [2.24, 2.45) is 13.0 Å². The van der Waals surface area contributed by atoms with Gasteiger partial charge in [-0.05, 0) is 37.8 Å². The summed E-state index contributed by atoms with van der Waals surface area (Å²) in [6.07, 6.45) is 5.37. The summed E-state index contributed by atoms with van der Waals surface area (Å²) in [5.41, 5.74) is 1.53. The number of pyridine rings is 1. The van der Waals surface area contributed by atoms with Gasteiger partial charge in [0.15, 0.2) is 5.52 Å². The minimum absolute atomic E-state index is 0.0584. The molecule has 0 atom stereocenters. The van der Waals surface area contributed by atoms with Gasteiger partial charge in [-0.2, -0.15) is 9.40 Å². The van der Waals surface area contributed by atoms with E-state index in [-0.39, 0.29) is 27.7 Å². The second kappa shape index (κ2) is 9.91. The molecule has 194 valence electrons. The maximum absolute atomic E-state index is 13.5. The number of rotatable bonds is 8. The molecule has 0 unspecified atom stereocenters. The summed E-state index contributed by atoms with van der Waals surface area (Å²) >= 11 is 0. The van der Waals surface area contributed by atoms with Crippen molar-refractivity contribution in [2.45, 2.75) is 44.4 Å². The molecular weight excluding hydrogens is 482 g/mol. The largest absolute Gasteiger partial charge is 0.477 e. The molecule has 0 aromatic carbocycles. The van der Waals surface area contributed by atoms with Gasteiger partial charge >= 0.3 is 0 Å². The first-order chi connectivity index (χ1) is 17.3. The number of hydrogen-bond acceptors (Lipinski definition) is 8. The summed E-state index contributed by atoms with van der Waals surface area (Å²) in [4.78, 5) is 27.1. The van der Waals surface area contributed by atoms with E-state index in [9.17, 15) is 13.2 Å². The fraction of sp³-hybridized carbons (Fsp3) is 0.583. The van der Waals surface area contributed by atoms with Gasteiger partial charge in [0.05, 0.1) is 24.1 Å². The number of H-pyrrole nitrogens is 1. The van der Waals surface area contributed by atoms with E-state index in [1.54, 1.807) is 11.7 Å². The standard InChI is InChI=1S/C24H33N7O4S/c1-4-19-20-21(28-29(19)3)23(32)27-22(26-20)18-13-17(14-25-24(18)35-15-16-7-6-8-16)36(33,34)31-11-9-30(5-2)10-12-31/h13-14,16H,4-12,15H2,1-3H3,(H,26,27,32). The van der Waals surface area contributed by atoms with Crippen molar-refractivity contribution >= 4 is 21.1 Å². The average Bonchev–Trinajstić information content (AvgIpc) is 3.18. The van der Waals surface area contributed by atoms with E-state index in [2.05, 4.69) is 26.9 Å². The van der Waals surface area contributed by atoms with Gasteiger partial charge < -0.3 is 14.6 Å². The molecule has 1 aliphatic heterocycles. The van der Waals surface area contributed by atoms with Gasteiger partial charge in [0.25, 0.3) is 5.56 Å².